The molecule has 1 aromatic heterocycles. The molecule has 1 rings (SSSR count). The summed E-state index contributed by atoms with van der Waals surface area (Å²) in [4.78, 5) is 11.3. The zero-order valence-electron chi connectivity index (χ0n) is 11.6. The molecule has 0 radical (unpaired) electrons. The summed E-state index contributed by atoms with van der Waals surface area (Å²) >= 11 is 0. The molecule has 108 valence electrons. The van der Waals surface area contributed by atoms with Crippen LogP contribution < -0.4 is 10.6 Å². The Balaban J connectivity index is 2.12. The molecular formula is C12H23N5O2. The number of aromatic nitrogens is 3. The topological polar surface area (TPSA) is 92.1 Å². The first-order chi connectivity index (χ1) is 9.13. The Morgan fingerprint density at radius 2 is 2.26 bits per heavy atom. The molecule has 7 nitrogen and oxygen atoms in total. The van der Waals surface area contributed by atoms with Gasteiger partial charge in [0.1, 0.15) is 0 Å². The molecule has 0 atom stereocenters. The van der Waals surface area contributed by atoms with Gasteiger partial charge < -0.3 is 15.7 Å². The zero-order chi connectivity index (χ0) is 14.1. The molecule has 0 aliphatic heterocycles. The predicted molar refractivity (Wildman–Crippen MR) is 71.3 cm³/mol. The standard InChI is InChI=1S/C12H23N5O2/c1-10(2)12(19)14-5-4-13-8-11-9-17(16-15-11)6-3-7-18/h9-10,13,18H,3-8H2,1-2H3,(H,14,19). The molecule has 0 spiro atoms. The third-order valence-corrected chi connectivity index (χ3v) is 2.56. The van der Waals surface area contributed by atoms with Gasteiger partial charge in [-0.15, -0.1) is 5.10 Å². The third-order valence-electron chi connectivity index (χ3n) is 2.56. The lowest BCUT2D eigenvalue weighted by atomic mass is 10.2. The number of nitrogens with zero attached hydrogens (tertiary/aromatic N) is 3. The maximum atomic E-state index is 11.3. The van der Waals surface area contributed by atoms with Crippen LogP contribution in [0.4, 0.5) is 0 Å². The van der Waals surface area contributed by atoms with Gasteiger partial charge >= 0.3 is 0 Å². The van der Waals surface area contributed by atoms with E-state index >= 15 is 0 Å². The molecule has 1 heterocycles. The first-order valence-corrected chi connectivity index (χ1v) is 6.61. The summed E-state index contributed by atoms with van der Waals surface area (Å²) in [6, 6.07) is 0. The molecule has 0 saturated heterocycles. The first-order valence-electron chi connectivity index (χ1n) is 6.61. The third kappa shape index (κ3) is 6.30. The number of hydrogen-bond acceptors (Lipinski definition) is 5. The second-order valence-corrected chi connectivity index (χ2v) is 4.67. The number of amides is 1. The first kappa shape index (κ1) is 15.6. The Morgan fingerprint density at radius 1 is 1.47 bits per heavy atom. The Kier molecular flexibility index (Phi) is 7.06. The van der Waals surface area contributed by atoms with Crippen molar-refractivity contribution in [1.29, 1.82) is 0 Å². The van der Waals surface area contributed by atoms with Crippen LogP contribution in [0.15, 0.2) is 6.20 Å². The van der Waals surface area contributed by atoms with Gasteiger partial charge in [-0.3, -0.25) is 9.48 Å². The number of rotatable bonds is 9. The average Bonchev–Trinajstić information content (AvgIpc) is 2.83. The van der Waals surface area contributed by atoms with E-state index in [1.807, 2.05) is 20.0 Å². The van der Waals surface area contributed by atoms with E-state index in [0.717, 1.165) is 5.69 Å². The van der Waals surface area contributed by atoms with Gasteiger partial charge in [0.05, 0.1) is 5.69 Å². The molecule has 0 bridgehead atoms. The van der Waals surface area contributed by atoms with Gasteiger partial charge in [-0.25, -0.2) is 0 Å². The quantitative estimate of drug-likeness (QED) is 0.527. The van der Waals surface area contributed by atoms with Crippen LogP contribution in [0, 0.1) is 5.92 Å². The maximum absolute atomic E-state index is 11.3. The minimum Gasteiger partial charge on any atom is -0.396 e. The molecule has 0 aliphatic rings. The average molecular weight is 269 g/mol. The summed E-state index contributed by atoms with van der Waals surface area (Å²) in [6.45, 7) is 6.49. The van der Waals surface area contributed by atoms with Crippen LogP contribution >= 0.6 is 0 Å². The normalized spacial score (nSPS) is 10.9. The number of aliphatic hydroxyl groups excluding tert-OH is 1. The van der Waals surface area contributed by atoms with Crippen LogP contribution in [0.3, 0.4) is 0 Å². The van der Waals surface area contributed by atoms with Crippen molar-refractivity contribution in [3.05, 3.63) is 11.9 Å². The predicted octanol–water partition coefficient (Wildman–Crippen LogP) is -0.478. The molecule has 3 N–H and O–H groups in total. The summed E-state index contributed by atoms with van der Waals surface area (Å²) in [5.74, 6) is 0.0863. The second kappa shape index (κ2) is 8.60. The van der Waals surface area contributed by atoms with Gasteiger partial charge in [-0.05, 0) is 6.42 Å². The molecule has 0 unspecified atom stereocenters. The van der Waals surface area contributed by atoms with Crippen LogP contribution in [-0.4, -0.2) is 45.7 Å². The second-order valence-electron chi connectivity index (χ2n) is 4.67. The minimum absolute atomic E-state index is 0.0198. The zero-order valence-corrected chi connectivity index (χ0v) is 11.6. The molecule has 19 heavy (non-hydrogen) atoms. The van der Waals surface area contributed by atoms with Gasteiger partial charge in [-0.2, -0.15) is 0 Å². The molecule has 1 aromatic rings. The highest BCUT2D eigenvalue weighted by Crippen LogP contribution is 1.94. The van der Waals surface area contributed by atoms with E-state index < -0.39 is 0 Å². The summed E-state index contributed by atoms with van der Waals surface area (Å²) in [5.41, 5.74) is 0.855. The largest absolute Gasteiger partial charge is 0.396 e. The van der Waals surface area contributed by atoms with Crippen molar-refractivity contribution in [3.8, 4) is 0 Å². The fraction of sp³-hybridized carbons (Fsp3) is 0.750. The number of nitrogens with one attached hydrogen (secondary N) is 2. The maximum Gasteiger partial charge on any atom is 0.222 e. The summed E-state index contributed by atoms with van der Waals surface area (Å²) in [7, 11) is 0. The van der Waals surface area contributed by atoms with Crippen LogP contribution in [0.1, 0.15) is 26.0 Å². The van der Waals surface area contributed by atoms with Gasteiger partial charge in [-0.1, -0.05) is 19.1 Å². The Hall–Kier alpha value is -1.47. The smallest absolute Gasteiger partial charge is 0.222 e. The van der Waals surface area contributed by atoms with E-state index in [2.05, 4.69) is 20.9 Å². The van der Waals surface area contributed by atoms with Gasteiger partial charge in [0.25, 0.3) is 0 Å². The van der Waals surface area contributed by atoms with E-state index in [9.17, 15) is 4.79 Å². The SMILES string of the molecule is CC(C)C(=O)NCCNCc1cn(CCCO)nn1. The van der Waals surface area contributed by atoms with E-state index in [0.29, 0.717) is 32.6 Å². The highest BCUT2D eigenvalue weighted by atomic mass is 16.3. The van der Waals surface area contributed by atoms with E-state index in [1.165, 1.54) is 0 Å². The van der Waals surface area contributed by atoms with Crippen molar-refractivity contribution in [2.75, 3.05) is 19.7 Å². The fourth-order valence-electron chi connectivity index (χ4n) is 1.46. The van der Waals surface area contributed by atoms with Crippen LogP contribution in [-0.2, 0) is 17.9 Å². The Bertz CT molecular complexity index is 378. The summed E-state index contributed by atoms with van der Waals surface area (Å²) in [5, 5.41) is 22.7. The highest BCUT2D eigenvalue weighted by molar-refractivity contribution is 5.77. The van der Waals surface area contributed by atoms with Crippen molar-refractivity contribution < 1.29 is 9.90 Å². The van der Waals surface area contributed by atoms with Gasteiger partial charge in [0.15, 0.2) is 0 Å². The van der Waals surface area contributed by atoms with Crippen molar-refractivity contribution in [3.63, 3.8) is 0 Å². The van der Waals surface area contributed by atoms with Crippen LogP contribution in [0.25, 0.3) is 0 Å². The number of aliphatic hydroxyl groups is 1. The van der Waals surface area contributed by atoms with Crippen LogP contribution in [0.2, 0.25) is 0 Å². The van der Waals surface area contributed by atoms with E-state index in [4.69, 9.17) is 5.11 Å². The molecule has 0 saturated carbocycles. The lowest BCUT2D eigenvalue weighted by Gasteiger charge is -2.07. The molecule has 1 amide bonds. The molecule has 0 aliphatic carbocycles. The summed E-state index contributed by atoms with van der Waals surface area (Å²) < 4.78 is 1.72. The lowest BCUT2D eigenvalue weighted by molar-refractivity contribution is -0.123. The number of aryl methyl sites for hydroxylation is 1. The fourth-order valence-corrected chi connectivity index (χ4v) is 1.46. The number of hydrogen-bond donors (Lipinski definition) is 3. The van der Waals surface area contributed by atoms with E-state index in [-0.39, 0.29) is 18.4 Å². The van der Waals surface area contributed by atoms with Gasteiger partial charge in [0.2, 0.25) is 5.91 Å². The van der Waals surface area contributed by atoms with Crippen molar-refractivity contribution in [2.45, 2.75) is 33.4 Å². The molecule has 0 aromatic carbocycles. The van der Waals surface area contributed by atoms with Crippen LogP contribution in [0.5, 0.6) is 0 Å². The Labute approximate surface area is 113 Å². The lowest BCUT2D eigenvalue weighted by Crippen LogP contribution is -2.34. The molecular weight excluding hydrogens is 246 g/mol. The van der Waals surface area contributed by atoms with Crippen molar-refractivity contribution >= 4 is 5.91 Å². The van der Waals surface area contributed by atoms with Gasteiger partial charge in [0, 0.05) is 44.9 Å². The highest BCUT2D eigenvalue weighted by Gasteiger charge is 2.05. The van der Waals surface area contributed by atoms with Crippen molar-refractivity contribution in [2.24, 2.45) is 5.92 Å². The molecule has 7 heteroatoms. The molecule has 0 fully saturated rings. The van der Waals surface area contributed by atoms with Crippen molar-refractivity contribution in [1.82, 2.24) is 25.6 Å². The minimum atomic E-state index is 0.0198. The summed E-state index contributed by atoms with van der Waals surface area (Å²) in [6.07, 6.45) is 2.53. The number of carbonyl (C=O) groups is 1. The number of carbonyl (C=O) groups excluding carboxylic acids is 1. The van der Waals surface area contributed by atoms with E-state index in [1.54, 1.807) is 4.68 Å². The Morgan fingerprint density at radius 3 is 2.95 bits per heavy atom. The monoisotopic (exact) mass is 269 g/mol.